The third-order valence-corrected chi connectivity index (χ3v) is 6.30. The number of nitrogens with zero attached hydrogens (tertiary/aromatic N) is 8. The maximum absolute atomic E-state index is 13.5. The fourth-order valence-corrected chi connectivity index (χ4v) is 4.47. The number of carbonyl (C=O) groups excluding carboxylic acids is 1. The molecule has 2 aliphatic heterocycles. The van der Waals surface area contributed by atoms with Crippen LogP contribution in [0.2, 0.25) is 0 Å². The monoisotopic (exact) mass is 434 g/mol. The smallest absolute Gasteiger partial charge is 0.256 e. The molecular formula is C22H26N8O2. The lowest BCUT2D eigenvalue weighted by molar-refractivity contribution is 0.00778. The van der Waals surface area contributed by atoms with Gasteiger partial charge in [-0.2, -0.15) is 15.0 Å². The highest BCUT2D eigenvalue weighted by molar-refractivity contribution is 5.98. The molecule has 10 nitrogen and oxygen atoms in total. The van der Waals surface area contributed by atoms with Crippen LogP contribution in [0.5, 0.6) is 5.75 Å². The van der Waals surface area contributed by atoms with Gasteiger partial charge < -0.3 is 19.4 Å². The largest absolute Gasteiger partial charge is 0.497 e. The minimum Gasteiger partial charge on any atom is -0.497 e. The average Bonchev–Trinajstić information content (AvgIpc) is 3.34. The Kier molecular flexibility index (Phi) is 5.12. The van der Waals surface area contributed by atoms with Crippen LogP contribution in [-0.2, 0) is 0 Å². The lowest BCUT2D eigenvalue weighted by Crippen LogP contribution is -2.65. The zero-order chi connectivity index (χ0) is 22.2. The van der Waals surface area contributed by atoms with Gasteiger partial charge in [-0.15, -0.1) is 0 Å². The average molecular weight is 435 g/mol. The molecule has 5 rings (SSSR count). The summed E-state index contributed by atoms with van der Waals surface area (Å²) in [5.41, 5.74) is 1.18. The van der Waals surface area contributed by atoms with Crippen molar-refractivity contribution in [1.29, 1.82) is 0 Å². The van der Waals surface area contributed by atoms with Crippen molar-refractivity contribution in [3.63, 3.8) is 0 Å². The van der Waals surface area contributed by atoms with E-state index in [-0.39, 0.29) is 11.9 Å². The molecule has 2 saturated heterocycles. The Balaban J connectivity index is 1.38. The quantitative estimate of drug-likeness (QED) is 0.596. The van der Waals surface area contributed by atoms with Gasteiger partial charge in [0.1, 0.15) is 29.4 Å². The molecule has 0 radical (unpaired) electrons. The number of fused-ring (bicyclic) bond motifs is 1. The minimum absolute atomic E-state index is 0.0141. The molecule has 0 bridgehead atoms. The van der Waals surface area contributed by atoms with E-state index in [1.54, 1.807) is 44.0 Å². The molecular weight excluding hydrogens is 408 g/mol. The van der Waals surface area contributed by atoms with Crippen molar-refractivity contribution in [2.75, 3.05) is 50.6 Å². The van der Waals surface area contributed by atoms with Gasteiger partial charge in [-0.05, 0) is 18.6 Å². The first-order valence-corrected chi connectivity index (χ1v) is 10.6. The fourth-order valence-electron chi connectivity index (χ4n) is 4.47. The van der Waals surface area contributed by atoms with E-state index in [0.29, 0.717) is 22.9 Å². The molecule has 3 aromatic rings. The second-order valence-corrected chi connectivity index (χ2v) is 8.35. The molecule has 2 aliphatic rings. The van der Waals surface area contributed by atoms with Gasteiger partial charge in [0, 0.05) is 51.8 Å². The molecule has 2 unspecified atom stereocenters. The Morgan fingerprint density at radius 1 is 1.12 bits per heavy atom. The van der Waals surface area contributed by atoms with E-state index in [1.807, 2.05) is 30.0 Å². The van der Waals surface area contributed by atoms with E-state index in [2.05, 4.69) is 25.1 Å². The van der Waals surface area contributed by atoms with E-state index < -0.39 is 0 Å². The van der Waals surface area contributed by atoms with Gasteiger partial charge in [0.05, 0.1) is 31.1 Å². The molecule has 4 heterocycles. The third-order valence-electron chi connectivity index (χ3n) is 6.30. The second-order valence-electron chi connectivity index (χ2n) is 8.35. The van der Waals surface area contributed by atoms with Crippen molar-refractivity contribution in [1.82, 2.24) is 29.9 Å². The van der Waals surface area contributed by atoms with Gasteiger partial charge in [0.25, 0.3) is 5.91 Å². The van der Waals surface area contributed by atoms with Crippen molar-refractivity contribution >= 4 is 17.5 Å². The van der Waals surface area contributed by atoms with E-state index >= 15 is 0 Å². The molecule has 2 aromatic heterocycles. The first-order valence-electron chi connectivity index (χ1n) is 10.6. The van der Waals surface area contributed by atoms with Crippen LogP contribution in [0.1, 0.15) is 16.8 Å². The lowest BCUT2D eigenvalue weighted by atomic mass is 9.81. The highest BCUT2D eigenvalue weighted by Crippen LogP contribution is 2.36. The van der Waals surface area contributed by atoms with Gasteiger partial charge in [0.15, 0.2) is 0 Å². The standard InChI is InChI=1S/C22H26N8O2/c1-27(2)20-11-21(24-14-23-20)28-9-6-15-12-29(19(15)13-28)22(31)17-5-4-16(32-3)10-18(17)30-25-7-8-26-30/h4-5,7-8,10-11,14-15,19H,6,9,12-13H2,1-3H3. The molecule has 0 N–H and O–H groups in total. The molecule has 1 amide bonds. The molecule has 2 fully saturated rings. The van der Waals surface area contributed by atoms with Crippen molar-refractivity contribution in [3.8, 4) is 11.4 Å². The summed E-state index contributed by atoms with van der Waals surface area (Å²) in [7, 11) is 5.53. The highest BCUT2D eigenvalue weighted by Gasteiger charge is 2.46. The number of amides is 1. The Labute approximate surface area is 186 Å². The number of piperidine rings is 1. The molecule has 1 aromatic carbocycles. The van der Waals surface area contributed by atoms with Crippen LogP contribution in [0, 0.1) is 5.92 Å². The molecule has 0 spiro atoms. The number of likely N-dealkylation sites (tertiary alicyclic amines) is 1. The van der Waals surface area contributed by atoms with E-state index in [9.17, 15) is 4.79 Å². The Morgan fingerprint density at radius 2 is 1.94 bits per heavy atom. The maximum Gasteiger partial charge on any atom is 0.256 e. The van der Waals surface area contributed by atoms with Crippen molar-refractivity contribution in [2.45, 2.75) is 12.5 Å². The summed E-state index contributed by atoms with van der Waals surface area (Å²) in [5.74, 6) is 2.91. The van der Waals surface area contributed by atoms with Gasteiger partial charge in [0.2, 0.25) is 0 Å². The molecule has 2 atom stereocenters. The SMILES string of the molecule is COc1ccc(C(=O)N2CC3CCN(c4cc(N(C)C)ncn4)CC32)c(-n2nccn2)c1. The highest BCUT2D eigenvalue weighted by atomic mass is 16.5. The molecule has 0 aliphatic carbocycles. The zero-order valence-electron chi connectivity index (χ0n) is 18.4. The van der Waals surface area contributed by atoms with E-state index in [0.717, 1.165) is 37.7 Å². The second kappa shape index (κ2) is 8.10. The van der Waals surface area contributed by atoms with Crippen LogP contribution >= 0.6 is 0 Å². The summed E-state index contributed by atoms with van der Waals surface area (Å²) in [5, 5.41) is 8.43. The van der Waals surface area contributed by atoms with Gasteiger partial charge in [-0.3, -0.25) is 4.79 Å². The summed E-state index contributed by atoms with van der Waals surface area (Å²) in [4.78, 5) is 30.0. The van der Waals surface area contributed by atoms with Crippen molar-refractivity contribution in [3.05, 3.63) is 48.5 Å². The van der Waals surface area contributed by atoms with Gasteiger partial charge in [-0.25, -0.2) is 9.97 Å². The lowest BCUT2D eigenvalue weighted by Gasteiger charge is -2.53. The van der Waals surface area contributed by atoms with Crippen LogP contribution in [0.25, 0.3) is 5.69 Å². The number of ether oxygens (including phenoxy) is 1. The number of benzene rings is 1. The molecule has 10 heteroatoms. The van der Waals surface area contributed by atoms with Crippen molar-refractivity contribution < 1.29 is 9.53 Å². The Bertz CT molecular complexity index is 1120. The summed E-state index contributed by atoms with van der Waals surface area (Å²) in [6.45, 7) is 2.45. The number of carbonyl (C=O) groups is 1. The number of hydrogen-bond acceptors (Lipinski definition) is 8. The number of rotatable bonds is 5. The van der Waals surface area contributed by atoms with Crippen LogP contribution in [0.3, 0.4) is 0 Å². The number of aromatic nitrogens is 5. The summed E-state index contributed by atoms with van der Waals surface area (Å²) in [6.07, 6.45) is 5.82. The Hall–Kier alpha value is -3.69. The molecule has 32 heavy (non-hydrogen) atoms. The minimum atomic E-state index is -0.0141. The number of methoxy groups -OCH3 is 1. The third kappa shape index (κ3) is 3.51. The first kappa shape index (κ1) is 20.2. The van der Waals surface area contributed by atoms with Gasteiger partial charge >= 0.3 is 0 Å². The Morgan fingerprint density at radius 3 is 2.69 bits per heavy atom. The molecule has 166 valence electrons. The predicted molar refractivity (Wildman–Crippen MR) is 119 cm³/mol. The first-order chi connectivity index (χ1) is 15.5. The topological polar surface area (TPSA) is 92.5 Å². The number of hydrogen-bond donors (Lipinski definition) is 0. The fraction of sp³-hybridized carbons (Fsp3) is 0.409. The molecule has 0 saturated carbocycles. The summed E-state index contributed by atoms with van der Waals surface area (Å²) < 4.78 is 5.35. The van der Waals surface area contributed by atoms with E-state index in [4.69, 9.17) is 4.74 Å². The van der Waals surface area contributed by atoms with E-state index in [1.165, 1.54) is 4.80 Å². The van der Waals surface area contributed by atoms with Crippen LogP contribution in [0.4, 0.5) is 11.6 Å². The number of anilines is 2. The maximum atomic E-state index is 13.5. The van der Waals surface area contributed by atoms with Crippen LogP contribution < -0.4 is 14.5 Å². The summed E-state index contributed by atoms with van der Waals surface area (Å²) in [6, 6.07) is 7.53. The predicted octanol–water partition coefficient (Wildman–Crippen LogP) is 1.48. The zero-order valence-corrected chi connectivity index (χ0v) is 18.4. The van der Waals surface area contributed by atoms with Crippen LogP contribution in [0.15, 0.2) is 43.0 Å². The van der Waals surface area contributed by atoms with Crippen molar-refractivity contribution in [2.24, 2.45) is 5.92 Å². The van der Waals surface area contributed by atoms with Gasteiger partial charge in [-0.1, -0.05) is 0 Å². The van der Waals surface area contributed by atoms with Crippen LogP contribution in [-0.4, -0.2) is 82.7 Å². The summed E-state index contributed by atoms with van der Waals surface area (Å²) >= 11 is 0. The normalized spacial score (nSPS) is 19.8.